The van der Waals surface area contributed by atoms with E-state index in [4.69, 9.17) is 0 Å². The van der Waals surface area contributed by atoms with Crippen LogP contribution in [0.2, 0.25) is 0 Å². The fourth-order valence-electron chi connectivity index (χ4n) is 4.33. The lowest BCUT2D eigenvalue weighted by Gasteiger charge is -2.34. The highest BCUT2D eigenvalue weighted by Gasteiger charge is 2.26. The van der Waals surface area contributed by atoms with E-state index in [1.165, 1.54) is 22.0 Å². The maximum absolute atomic E-state index is 12.5. The molecule has 5 nitrogen and oxygen atoms in total. The second kappa shape index (κ2) is 7.66. The van der Waals surface area contributed by atoms with Gasteiger partial charge in [-0.2, -0.15) is 0 Å². The Hall–Kier alpha value is -2.82. The minimum absolute atomic E-state index is 0.00828. The van der Waals surface area contributed by atoms with Gasteiger partial charge in [-0.25, -0.2) is 4.98 Å². The molecule has 0 radical (unpaired) electrons. The lowest BCUT2D eigenvalue weighted by molar-refractivity contribution is 0.0827. The third-order valence-corrected chi connectivity index (χ3v) is 5.87. The van der Waals surface area contributed by atoms with Gasteiger partial charge in [0.05, 0.1) is 5.56 Å². The Morgan fingerprint density at radius 2 is 2.00 bits per heavy atom. The number of para-hydroxylation sites is 1. The van der Waals surface area contributed by atoms with Crippen molar-refractivity contribution in [1.29, 1.82) is 0 Å². The Balaban J connectivity index is 1.54. The zero-order valence-corrected chi connectivity index (χ0v) is 16.9. The van der Waals surface area contributed by atoms with Crippen LogP contribution in [0.15, 0.2) is 42.7 Å². The Morgan fingerprint density at radius 1 is 1.21 bits per heavy atom. The van der Waals surface area contributed by atoms with Gasteiger partial charge in [0.25, 0.3) is 5.91 Å². The average Bonchev–Trinajstić information content (AvgIpc) is 3.17. The second-order valence-corrected chi connectivity index (χ2v) is 7.77. The molecule has 3 heterocycles. The molecule has 0 bridgehead atoms. The molecule has 1 fully saturated rings. The Bertz CT molecular complexity index is 983. The number of rotatable bonds is 4. The molecule has 4 rings (SSSR count). The smallest absolute Gasteiger partial charge is 0.257 e. The summed E-state index contributed by atoms with van der Waals surface area (Å²) in [4.78, 5) is 24.4. The third kappa shape index (κ3) is 3.26. The number of anilines is 1. The van der Waals surface area contributed by atoms with Gasteiger partial charge in [0.1, 0.15) is 5.82 Å². The number of piperidine rings is 1. The average molecular weight is 377 g/mol. The lowest BCUT2D eigenvalue weighted by atomic mass is 9.88. The van der Waals surface area contributed by atoms with Crippen LogP contribution in [0.3, 0.4) is 0 Å². The highest BCUT2D eigenvalue weighted by molar-refractivity contribution is 5.98. The zero-order chi connectivity index (χ0) is 19.7. The van der Waals surface area contributed by atoms with Crippen molar-refractivity contribution in [2.24, 2.45) is 0 Å². The molecule has 3 aromatic rings. The van der Waals surface area contributed by atoms with Crippen LogP contribution in [0, 0.1) is 0 Å². The molecule has 28 heavy (non-hydrogen) atoms. The number of carbonyl (C=O) groups excluding carboxylic acids is 1. The molecule has 0 saturated carbocycles. The van der Waals surface area contributed by atoms with E-state index in [-0.39, 0.29) is 5.91 Å². The van der Waals surface area contributed by atoms with Gasteiger partial charge in [-0.3, -0.25) is 4.79 Å². The predicted molar refractivity (Wildman–Crippen MR) is 114 cm³/mol. The number of aromatic amines is 1. The molecule has 146 valence electrons. The predicted octanol–water partition coefficient (Wildman–Crippen LogP) is 4.21. The van der Waals surface area contributed by atoms with Crippen molar-refractivity contribution in [3.63, 3.8) is 0 Å². The van der Waals surface area contributed by atoms with Crippen LogP contribution in [0.25, 0.3) is 10.9 Å². The number of aromatic nitrogens is 2. The first-order valence-corrected chi connectivity index (χ1v) is 10.1. The summed E-state index contributed by atoms with van der Waals surface area (Å²) in [5.41, 5.74) is 4.77. The fourth-order valence-corrected chi connectivity index (χ4v) is 4.33. The number of nitrogens with one attached hydrogen (secondary N) is 1. The van der Waals surface area contributed by atoms with Gasteiger partial charge in [0.2, 0.25) is 0 Å². The minimum Gasteiger partial charge on any atom is -0.361 e. The molecule has 0 aliphatic carbocycles. The summed E-state index contributed by atoms with van der Waals surface area (Å²) < 4.78 is 0. The van der Waals surface area contributed by atoms with Crippen LogP contribution >= 0.6 is 0 Å². The van der Waals surface area contributed by atoms with Gasteiger partial charge < -0.3 is 14.8 Å². The number of hydrogen-bond donors (Lipinski definition) is 1. The molecular weight excluding hydrogens is 348 g/mol. The van der Waals surface area contributed by atoms with Crippen molar-refractivity contribution in [3.8, 4) is 0 Å². The van der Waals surface area contributed by atoms with Gasteiger partial charge in [0.15, 0.2) is 0 Å². The summed E-state index contributed by atoms with van der Waals surface area (Å²) >= 11 is 0. The highest BCUT2D eigenvalue weighted by Crippen LogP contribution is 2.35. The largest absolute Gasteiger partial charge is 0.361 e. The second-order valence-electron chi connectivity index (χ2n) is 7.77. The van der Waals surface area contributed by atoms with Crippen molar-refractivity contribution in [2.45, 2.75) is 32.1 Å². The SMILES string of the molecule is CCc1cccc2c(C3CCN(c4ncccc4C(=O)N(C)C)CC3)c[nH]c12. The van der Waals surface area contributed by atoms with Crippen LogP contribution in [0.5, 0.6) is 0 Å². The van der Waals surface area contributed by atoms with Gasteiger partial charge >= 0.3 is 0 Å². The number of aryl methyl sites for hydroxylation is 1. The number of carbonyl (C=O) groups is 1. The molecule has 1 aliphatic heterocycles. The van der Waals surface area contributed by atoms with Crippen molar-refractivity contribution < 1.29 is 4.79 Å². The summed E-state index contributed by atoms with van der Waals surface area (Å²) in [6.07, 6.45) is 7.15. The summed E-state index contributed by atoms with van der Waals surface area (Å²) in [5, 5.41) is 1.36. The molecule has 5 heteroatoms. The Kier molecular flexibility index (Phi) is 5.07. The zero-order valence-electron chi connectivity index (χ0n) is 16.9. The minimum atomic E-state index is 0.00828. The maximum atomic E-state index is 12.5. The summed E-state index contributed by atoms with van der Waals surface area (Å²) in [7, 11) is 3.57. The normalized spacial score (nSPS) is 15.2. The molecule has 2 aromatic heterocycles. The molecular formula is C23H28N4O. The standard InChI is InChI=1S/C23H28N4O/c1-4-16-7-5-8-18-20(15-25-21(16)18)17-10-13-27(14-11-17)22-19(9-6-12-24-22)23(28)26(2)3/h5-9,12,15,17,25H,4,10-11,13-14H2,1-3H3. The lowest BCUT2D eigenvalue weighted by Crippen LogP contribution is -2.35. The molecule has 0 spiro atoms. The summed E-state index contributed by atoms with van der Waals surface area (Å²) in [6.45, 7) is 4.03. The number of nitrogens with zero attached hydrogens (tertiary/aromatic N) is 3. The van der Waals surface area contributed by atoms with Crippen LogP contribution < -0.4 is 4.90 Å². The third-order valence-electron chi connectivity index (χ3n) is 5.87. The highest BCUT2D eigenvalue weighted by atomic mass is 16.2. The van der Waals surface area contributed by atoms with E-state index in [0.717, 1.165) is 38.2 Å². The van der Waals surface area contributed by atoms with Crippen molar-refractivity contribution in [1.82, 2.24) is 14.9 Å². The monoisotopic (exact) mass is 376 g/mol. The van der Waals surface area contributed by atoms with E-state index < -0.39 is 0 Å². The van der Waals surface area contributed by atoms with E-state index in [9.17, 15) is 4.79 Å². The molecule has 0 atom stereocenters. The summed E-state index contributed by atoms with van der Waals surface area (Å²) in [6, 6.07) is 10.3. The first-order chi connectivity index (χ1) is 13.6. The summed E-state index contributed by atoms with van der Waals surface area (Å²) in [5.74, 6) is 1.36. The van der Waals surface area contributed by atoms with Crippen LogP contribution in [-0.4, -0.2) is 48.0 Å². The van der Waals surface area contributed by atoms with Gasteiger partial charge in [-0.1, -0.05) is 25.1 Å². The van der Waals surface area contributed by atoms with Crippen molar-refractivity contribution in [2.75, 3.05) is 32.1 Å². The Labute approximate surface area is 166 Å². The first-order valence-electron chi connectivity index (χ1n) is 10.1. The van der Waals surface area contributed by atoms with Gasteiger partial charge in [0, 0.05) is 50.5 Å². The number of benzene rings is 1. The fraction of sp³-hybridized carbons (Fsp3) is 0.391. The number of pyridine rings is 1. The molecule has 1 aromatic carbocycles. The topological polar surface area (TPSA) is 52.2 Å². The number of fused-ring (bicyclic) bond motifs is 1. The quantitative estimate of drug-likeness (QED) is 0.742. The van der Waals surface area contributed by atoms with E-state index in [1.807, 2.05) is 12.1 Å². The van der Waals surface area contributed by atoms with Crippen LogP contribution in [-0.2, 0) is 6.42 Å². The van der Waals surface area contributed by atoms with E-state index in [2.05, 4.69) is 46.2 Å². The maximum Gasteiger partial charge on any atom is 0.257 e. The molecule has 1 amide bonds. The first kappa shape index (κ1) is 18.5. The van der Waals surface area contributed by atoms with Crippen LogP contribution in [0.4, 0.5) is 5.82 Å². The Morgan fingerprint density at radius 3 is 2.71 bits per heavy atom. The number of amides is 1. The van der Waals surface area contributed by atoms with Gasteiger partial charge in [-0.05, 0) is 48.4 Å². The molecule has 1 saturated heterocycles. The van der Waals surface area contributed by atoms with E-state index >= 15 is 0 Å². The number of hydrogen-bond acceptors (Lipinski definition) is 3. The molecule has 1 N–H and O–H groups in total. The van der Waals surface area contributed by atoms with Crippen molar-refractivity contribution >= 4 is 22.6 Å². The number of H-pyrrole nitrogens is 1. The van der Waals surface area contributed by atoms with E-state index in [1.54, 1.807) is 25.2 Å². The van der Waals surface area contributed by atoms with Gasteiger partial charge in [-0.15, -0.1) is 0 Å². The van der Waals surface area contributed by atoms with Crippen LogP contribution in [0.1, 0.15) is 47.2 Å². The van der Waals surface area contributed by atoms with E-state index in [0.29, 0.717) is 11.5 Å². The molecule has 0 unspecified atom stereocenters. The van der Waals surface area contributed by atoms with Crippen molar-refractivity contribution in [3.05, 3.63) is 59.4 Å². The molecule has 1 aliphatic rings.